The van der Waals surface area contributed by atoms with E-state index in [9.17, 15) is 18.0 Å². The lowest BCUT2D eigenvalue weighted by Gasteiger charge is -2.25. The van der Waals surface area contributed by atoms with Gasteiger partial charge in [-0.25, -0.2) is 8.42 Å². The standard InChI is InChI=1S/C20H25N3O4S/c1-14(15-6-10-18(11-7-15)28(3,26)27)23(2)13-12-19(24)22-17-8-4-16(5-9-17)20(21)25/h4-11,14H,12-13H2,1-3H3,(H2,21,25)(H,22,24). The molecule has 28 heavy (non-hydrogen) atoms. The van der Waals surface area contributed by atoms with E-state index in [4.69, 9.17) is 5.73 Å². The van der Waals surface area contributed by atoms with E-state index in [0.29, 0.717) is 24.2 Å². The van der Waals surface area contributed by atoms with Crippen LogP contribution in [-0.2, 0) is 14.6 Å². The van der Waals surface area contributed by atoms with Gasteiger partial charge < -0.3 is 11.1 Å². The molecule has 1 unspecified atom stereocenters. The fraction of sp³-hybridized carbons (Fsp3) is 0.300. The Bertz CT molecular complexity index is 938. The zero-order chi connectivity index (χ0) is 20.9. The molecule has 8 heteroatoms. The lowest BCUT2D eigenvalue weighted by atomic mass is 10.1. The molecule has 7 nitrogen and oxygen atoms in total. The zero-order valence-electron chi connectivity index (χ0n) is 16.2. The highest BCUT2D eigenvalue weighted by atomic mass is 32.2. The van der Waals surface area contributed by atoms with Crippen molar-refractivity contribution in [3.63, 3.8) is 0 Å². The molecule has 0 aliphatic heterocycles. The molecule has 0 bridgehead atoms. The van der Waals surface area contributed by atoms with Gasteiger partial charge in [-0.1, -0.05) is 12.1 Å². The van der Waals surface area contributed by atoms with Crippen molar-refractivity contribution in [2.75, 3.05) is 25.2 Å². The van der Waals surface area contributed by atoms with E-state index in [1.807, 2.05) is 18.9 Å². The summed E-state index contributed by atoms with van der Waals surface area (Å²) in [5.41, 5.74) is 7.14. The molecular formula is C20H25N3O4S. The topological polar surface area (TPSA) is 110 Å². The van der Waals surface area contributed by atoms with Crippen LogP contribution in [0.5, 0.6) is 0 Å². The molecule has 0 fully saturated rings. The number of carbonyl (C=O) groups is 2. The Kier molecular flexibility index (Phi) is 6.93. The fourth-order valence-electron chi connectivity index (χ4n) is 2.66. The van der Waals surface area contributed by atoms with Crippen molar-refractivity contribution in [1.29, 1.82) is 0 Å². The van der Waals surface area contributed by atoms with Gasteiger partial charge in [0.05, 0.1) is 4.90 Å². The maximum atomic E-state index is 12.2. The van der Waals surface area contributed by atoms with Crippen LogP contribution in [0.1, 0.15) is 35.3 Å². The molecule has 0 spiro atoms. The van der Waals surface area contributed by atoms with Crippen LogP contribution in [-0.4, -0.2) is 45.0 Å². The lowest BCUT2D eigenvalue weighted by molar-refractivity contribution is -0.116. The van der Waals surface area contributed by atoms with Crippen LogP contribution in [0, 0.1) is 0 Å². The first-order chi connectivity index (χ1) is 13.1. The van der Waals surface area contributed by atoms with Gasteiger partial charge >= 0.3 is 0 Å². The molecule has 2 aromatic carbocycles. The van der Waals surface area contributed by atoms with Crippen molar-refractivity contribution < 1.29 is 18.0 Å². The van der Waals surface area contributed by atoms with Gasteiger partial charge in [-0.2, -0.15) is 0 Å². The van der Waals surface area contributed by atoms with E-state index in [2.05, 4.69) is 5.32 Å². The number of hydrogen-bond acceptors (Lipinski definition) is 5. The second-order valence-electron chi connectivity index (χ2n) is 6.74. The Labute approximate surface area is 165 Å². The van der Waals surface area contributed by atoms with Gasteiger partial charge in [-0.3, -0.25) is 14.5 Å². The van der Waals surface area contributed by atoms with Crippen molar-refractivity contribution in [3.8, 4) is 0 Å². The first kappa shape index (κ1) is 21.6. The van der Waals surface area contributed by atoms with Crippen LogP contribution in [0.25, 0.3) is 0 Å². The Morgan fingerprint density at radius 3 is 2.14 bits per heavy atom. The predicted octanol–water partition coefficient (Wildman–Crippen LogP) is 2.21. The third-order valence-corrected chi connectivity index (χ3v) is 5.73. The number of nitrogens with one attached hydrogen (secondary N) is 1. The number of hydrogen-bond donors (Lipinski definition) is 2. The van der Waals surface area contributed by atoms with Gasteiger partial charge in [0.2, 0.25) is 11.8 Å². The Morgan fingerprint density at radius 2 is 1.64 bits per heavy atom. The molecule has 150 valence electrons. The first-order valence-electron chi connectivity index (χ1n) is 8.78. The molecule has 0 aromatic heterocycles. The number of primary amides is 1. The summed E-state index contributed by atoms with van der Waals surface area (Å²) in [6, 6.07) is 13.2. The van der Waals surface area contributed by atoms with Crippen molar-refractivity contribution in [2.45, 2.75) is 24.3 Å². The Morgan fingerprint density at radius 1 is 1.07 bits per heavy atom. The van der Waals surface area contributed by atoms with Crippen molar-refractivity contribution in [1.82, 2.24) is 4.90 Å². The average Bonchev–Trinajstić information content (AvgIpc) is 2.65. The number of nitrogens with zero attached hydrogens (tertiary/aromatic N) is 1. The van der Waals surface area contributed by atoms with Crippen LogP contribution in [0.15, 0.2) is 53.4 Å². The number of benzene rings is 2. The van der Waals surface area contributed by atoms with Crippen molar-refractivity contribution >= 4 is 27.3 Å². The highest BCUT2D eigenvalue weighted by molar-refractivity contribution is 7.90. The largest absolute Gasteiger partial charge is 0.366 e. The first-order valence-corrected chi connectivity index (χ1v) is 10.7. The summed E-state index contributed by atoms with van der Waals surface area (Å²) in [5, 5.41) is 2.78. The molecule has 3 N–H and O–H groups in total. The number of nitrogens with two attached hydrogens (primary N) is 1. The second kappa shape index (κ2) is 8.99. The Hall–Kier alpha value is -2.71. The maximum Gasteiger partial charge on any atom is 0.248 e. The van der Waals surface area contributed by atoms with E-state index < -0.39 is 15.7 Å². The average molecular weight is 404 g/mol. The quantitative estimate of drug-likeness (QED) is 0.702. The summed E-state index contributed by atoms with van der Waals surface area (Å²) in [7, 11) is -1.31. The predicted molar refractivity (Wildman–Crippen MR) is 109 cm³/mol. The van der Waals surface area contributed by atoms with Gasteiger partial charge in [-0.05, 0) is 55.9 Å². The fourth-order valence-corrected chi connectivity index (χ4v) is 3.29. The molecule has 0 heterocycles. The molecule has 0 saturated heterocycles. The van der Waals surface area contributed by atoms with Crippen molar-refractivity contribution in [3.05, 3.63) is 59.7 Å². The van der Waals surface area contributed by atoms with E-state index in [1.54, 1.807) is 48.5 Å². The summed E-state index contributed by atoms with van der Waals surface area (Å²) in [6.45, 7) is 2.52. The van der Waals surface area contributed by atoms with Crippen LogP contribution in [0.3, 0.4) is 0 Å². The van der Waals surface area contributed by atoms with Gasteiger partial charge in [0.1, 0.15) is 0 Å². The van der Waals surface area contributed by atoms with E-state index in [-0.39, 0.29) is 16.8 Å². The monoisotopic (exact) mass is 403 g/mol. The number of rotatable bonds is 8. The zero-order valence-corrected chi connectivity index (χ0v) is 17.0. The third kappa shape index (κ3) is 5.90. The molecular weight excluding hydrogens is 378 g/mol. The molecule has 0 saturated carbocycles. The number of anilines is 1. The van der Waals surface area contributed by atoms with Crippen LogP contribution >= 0.6 is 0 Å². The third-order valence-electron chi connectivity index (χ3n) is 4.60. The smallest absolute Gasteiger partial charge is 0.248 e. The highest BCUT2D eigenvalue weighted by Gasteiger charge is 2.15. The van der Waals surface area contributed by atoms with Crippen molar-refractivity contribution in [2.24, 2.45) is 5.73 Å². The summed E-state index contributed by atoms with van der Waals surface area (Å²) in [6.07, 6.45) is 1.47. The van der Waals surface area contributed by atoms with E-state index >= 15 is 0 Å². The molecule has 2 aromatic rings. The van der Waals surface area contributed by atoms with Gasteiger partial charge in [0.15, 0.2) is 9.84 Å². The lowest BCUT2D eigenvalue weighted by Crippen LogP contribution is -2.27. The van der Waals surface area contributed by atoms with E-state index in [0.717, 1.165) is 5.56 Å². The number of sulfone groups is 1. The number of amides is 2. The molecule has 2 rings (SSSR count). The minimum Gasteiger partial charge on any atom is -0.366 e. The SMILES string of the molecule is CC(c1ccc(S(C)(=O)=O)cc1)N(C)CCC(=O)Nc1ccc(C(N)=O)cc1. The molecule has 1 atom stereocenters. The summed E-state index contributed by atoms with van der Waals surface area (Å²) in [5.74, 6) is -0.656. The van der Waals surface area contributed by atoms with Crippen LogP contribution in [0.2, 0.25) is 0 Å². The normalized spacial score (nSPS) is 12.6. The highest BCUT2D eigenvalue weighted by Crippen LogP contribution is 2.21. The molecule has 2 amide bonds. The summed E-state index contributed by atoms with van der Waals surface area (Å²) in [4.78, 5) is 25.5. The van der Waals surface area contributed by atoms with E-state index in [1.165, 1.54) is 6.26 Å². The van der Waals surface area contributed by atoms with Gasteiger partial charge in [0.25, 0.3) is 0 Å². The molecule has 0 radical (unpaired) electrons. The molecule has 0 aliphatic carbocycles. The van der Waals surface area contributed by atoms with Crippen LogP contribution < -0.4 is 11.1 Å². The molecule has 0 aliphatic rings. The minimum atomic E-state index is -3.22. The summed E-state index contributed by atoms with van der Waals surface area (Å²) >= 11 is 0. The Balaban J connectivity index is 1.89. The maximum absolute atomic E-state index is 12.2. The van der Waals surface area contributed by atoms with Gasteiger partial charge in [-0.15, -0.1) is 0 Å². The minimum absolute atomic E-state index is 0.0243. The van der Waals surface area contributed by atoms with Crippen LogP contribution in [0.4, 0.5) is 5.69 Å². The summed E-state index contributed by atoms with van der Waals surface area (Å²) < 4.78 is 23.1. The van der Waals surface area contributed by atoms with Gasteiger partial charge in [0, 0.05) is 36.5 Å². The second-order valence-corrected chi connectivity index (χ2v) is 8.75. The number of carbonyl (C=O) groups excluding carboxylic acids is 2.